The zero-order chi connectivity index (χ0) is 38.8. The average Bonchev–Trinajstić information content (AvgIpc) is 3.22. The fourth-order valence-electron chi connectivity index (χ4n) is 6.39. The molecule has 1 unspecified atom stereocenters. The smallest absolute Gasteiger partial charge is 0.253 e. The van der Waals surface area contributed by atoms with Crippen molar-refractivity contribution < 1.29 is 53.2 Å². The van der Waals surface area contributed by atoms with E-state index in [0.717, 1.165) is 41.0 Å². The first-order chi connectivity index (χ1) is 26.9. The minimum absolute atomic E-state index is 0.0243. The first-order valence-electron chi connectivity index (χ1n) is 18.4. The number of rotatable bonds is 22. The molecule has 0 spiro atoms. The first kappa shape index (κ1) is 41.4. The Hall–Kier alpha value is -4.73. The summed E-state index contributed by atoms with van der Waals surface area (Å²) in [7, 11) is 4.94. The molecule has 296 valence electrons. The van der Waals surface area contributed by atoms with Crippen LogP contribution in [0.4, 0.5) is 0 Å². The van der Waals surface area contributed by atoms with Crippen LogP contribution < -0.4 is 18.9 Å². The molecule has 0 aromatic heterocycles. The highest BCUT2D eigenvalue weighted by Gasteiger charge is 2.34. The second kappa shape index (κ2) is 22.0. The number of hydrogen-bond donors (Lipinski definition) is 2. The van der Waals surface area contributed by atoms with Gasteiger partial charge >= 0.3 is 0 Å². The van der Waals surface area contributed by atoms with Gasteiger partial charge in [-0.25, -0.2) is 4.84 Å². The van der Waals surface area contributed by atoms with E-state index < -0.39 is 0 Å². The number of ether oxygens (including phenoxy) is 7. The van der Waals surface area contributed by atoms with Crippen molar-refractivity contribution in [1.82, 2.24) is 10.3 Å². The molecule has 2 N–H and O–H groups in total. The van der Waals surface area contributed by atoms with Gasteiger partial charge in [-0.3, -0.25) is 15.2 Å². The van der Waals surface area contributed by atoms with Crippen LogP contribution in [-0.2, 0) is 38.9 Å². The van der Waals surface area contributed by atoms with Crippen LogP contribution in [-0.4, -0.2) is 93.6 Å². The van der Waals surface area contributed by atoms with Gasteiger partial charge in [-0.2, -0.15) is 0 Å². The number of carbonyl (C=O) groups excluding carboxylic acids is 1. The number of amides is 1. The maximum absolute atomic E-state index is 13.7. The fraction of sp³-hybridized carbons (Fsp3) is 0.405. The van der Waals surface area contributed by atoms with Crippen molar-refractivity contribution in [2.24, 2.45) is 0 Å². The molecule has 1 heterocycles. The fourth-order valence-corrected chi connectivity index (χ4v) is 6.39. The third-order valence-corrected chi connectivity index (χ3v) is 9.26. The second-order valence-electron chi connectivity index (χ2n) is 13.1. The van der Waals surface area contributed by atoms with Gasteiger partial charge < -0.3 is 38.1 Å². The van der Waals surface area contributed by atoms with Gasteiger partial charge in [0.2, 0.25) is 0 Å². The monoisotopic (exact) mass is 760 g/mol. The minimum Gasteiger partial charge on any atom is -0.497 e. The lowest BCUT2D eigenvalue weighted by molar-refractivity contribution is -0.497. The van der Waals surface area contributed by atoms with Gasteiger partial charge in [-0.15, -0.1) is 0 Å². The molecule has 5 rings (SSSR count). The summed E-state index contributed by atoms with van der Waals surface area (Å²) in [6, 6.07) is 28.5. The number of carbonyl (C=O) groups is 1. The summed E-state index contributed by atoms with van der Waals surface area (Å²) >= 11 is 0. The highest BCUT2D eigenvalue weighted by molar-refractivity contribution is 5.94. The van der Waals surface area contributed by atoms with Crippen LogP contribution in [0, 0.1) is 0 Å². The normalized spacial score (nSPS) is 15.6. The number of nitrogens with zero attached hydrogens (tertiary/aromatic N) is 2. The summed E-state index contributed by atoms with van der Waals surface area (Å²) in [4.78, 5) is 20.2. The Bertz CT molecular complexity index is 1740. The van der Waals surface area contributed by atoms with E-state index in [0.29, 0.717) is 75.2 Å². The predicted octanol–water partition coefficient (Wildman–Crippen LogP) is 6.83. The standard InChI is InChI=1S/C42H52N2O11/c1-48-20-6-22-53-38-25-32(24-37(26-38)49-2)28-54-41-27-43(42(45)34-12-10-31(11-13-34)29-55-44(46)47)19-18-39(41)33-14-16-36(17-15-33)52-23-7-21-51-30-35-8-4-5-9-40(35)50-3/h4-5,8-17,24-26,39,41,46-47H,6-7,18-23,27-30H2,1-3H3/t39-,41?/m1/s1. The van der Waals surface area contributed by atoms with Crippen LogP contribution in [0.1, 0.15) is 57.8 Å². The van der Waals surface area contributed by atoms with E-state index in [1.165, 1.54) is 0 Å². The van der Waals surface area contributed by atoms with Crippen LogP contribution in [0.25, 0.3) is 0 Å². The topological polar surface area (TPSA) is 138 Å². The average molecular weight is 761 g/mol. The summed E-state index contributed by atoms with van der Waals surface area (Å²) in [6.07, 6.45) is 1.89. The molecule has 4 aromatic carbocycles. The summed E-state index contributed by atoms with van der Waals surface area (Å²) in [5.74, 6) is 2.84. The molecular weight excluding hydrogens is 708 g/mol. The maximum atomic E-state index is 13.7. The van der Waals surface area contributed by atoms with E-state index >= 15 is 0 Å². The van der Waals surface area contributed by atoms with Gasteiger partial charge in [-0.05, 0) is 65.6 Å². The van der Waals surface area contributed by atoms with Crippen molar-refractivity contribution in [2.45, 2.75) is 51.1 Å². The molecule has 0 bridgehead atoms. The van der Waals surface area contributed by atoms with E-state index in [2.05, 4.69) is 17.0 Å². The minimum atomic E-state index is -0.338. The molecule has 1 aliphatic rings. The molecule has 1 amide bonds. The van der Waals surface area contributed by atoms with Crippen LogP contribution in [0.15, 0.2) is 91.0 Å². The summed E-state index contributed by atoms with van der Waals surface area (Å²) in [5, 5.41) is 17.4. The Kier molecular flexibility index (Phi) is 16.6. The van der Waals surface area contributed by atoms with Gasteiger partial charge in [0.25, 0.3) is 5.91 Å². The molecule has 0 saturated carbocycles. The maximum Gasteiger partial charge on any atom is 0.253 e. The zero-order valence-electron chi connectivity index (χ0n) is 31.8. The molecule has 2 atom stereocenters. The SMILES string of the molecule is COCCCOc1cc(COC2CN(C(=O)c3ccc(CON(O)O)cc3)CC[C@@H]2c2ccc(OCCCOCc3ccccc3OC)cc2)cc(OC)c1. The van der Waals surface area contributed by atoms with Gasteiger partial charge in [0.15, 0.2) is 0 Å². The Morgan fingerprint density at radius 1 is 0.745 bits per heavy atom. The van der Waals surface area contributed by atoms with Crippen molar-refractivity contribution in [3.8, 4) is 23.0 Å². The summed E-state index contributed by atoms with van der Waals surface area (Å²) in [5.41, 5.74) is 4.19. The van der Waals surface area contributed by atoms with Crippen molar-refractivity contribution in [2.75, 3.05) is 60.8 Å². The molecule has 13 heteroatoms. The van der Waals surface area contributed by atoms with E-state index in [1.54, 1.807) is 45.6 Å². The van der Waals surface area contributed by atoms with Crippen molar-refractivity contribution in [1.29, 1.82) is 0 Å². The predicted molar refractivity (Wildman–Crippen MR) is 203 cm³/mol. The van der Waals surface area contributed by atoms with Gasteiger partial charge in [0.05, 0.1) is 65.4 Å². The number of hydrogen-bond acceptors (Lipinski definition) is 12. The largest absolute Gasteiger partial charge is 0.497 e. The third-order valence-electron chi connectivity index (χ3n) is 9.26. The first-order valence-corrected chi connectivity index (χ1v) is 18.4. The lowest BCUT2D eigenvalue weighted by Crippen LogP contribution is -2.46. The second-order valence-corrected chi connectivity index (χ2v) is 13.1. The lowest BCUT2D eigenvalue weighted by atomic mass is 9.86. The molecular formula is C42H52N2O11. The third kappa shape index (κ3) is 12.9. The molecule has 13 nitrogen and oxygen atoms in total. The van der Waals surface area contributed by atoms with Crippen LogP contribution in [0.3, 0.4) is 0 Å². The molecule has 0 radical (unpaired) electrons. The quantitative estimate of drug-likeness (QED) is 0.0642. The summed E-state index contributed by atoms with van der Waals surface area (Å²) < 4.78 is 40.6. The van der Waals surface area contributed by atoms with E-state index in [4.69, 9.17) is 43.6 Å². The summed E-state index contributed by atoms with van der Waals surface area (Å²) in [6.45, 7) is 3.83. The van der Waals surface area contributed by atoms with Crippen LogP contribution in [0.5, 0.6) is 23.0 Å². The Morgan fingerprint density at radius 3 is 2.20 bits per heavy atom. The van der Waals surface area contributed by atoms with E-state index in [-0.39, 0.29) is 36.5 Å². The molecule has 1 saturated heterocycles. The molecule has 4 aromatic rings. The zero-order valence-corrected chi connectivity index (χ0v) is 31.8. The van der Waals surface area contributed by atoms with E-state index in [1.807, 2.05) is 59.5 Å². The number of benzene rings is 4. The Balaban J connectivity index is 1.22. The molecule has 1 fully saturated rings. The molecule has 1 aliphatic heterocycles. The van der Waals surface area contributed by atoms with Crippen molar-refractivity contribution in [3.05, 3.63) is 119 Å². The van der Waals surface area contributed by atoms with Gasteiger partial charge in [0, 0.05) is 62.8 Å². The van der Waals surface area contributed by atoms with E-state index in [9.17, 15) is 4.79 Å². The van der Waals surface area contributed by atoms with Crippen LogP contribution in [0.2, 0.25) is 0 Å². The molecule has 0 aliphatic carbocycles. The lowest BCUT2D eigenvalue weighted by Gasteiger charge is -2.39. The highest BCUT2D eigenvalue weighted by Crippen LogP contribution is 2.34. The number of likely N-dealkylation sites (tertiary alicyclic amines) is 1. The van der Waals surface area contributed by atoms with Gasteiger partial charge in [0.1, 0.15) is 23.0 Å². The van der Waals surface area contributed by atoms with Crippen molar-refractivity contribution >= 4 is 5.91 Å². The number of para-hydroxylation sites is 1. The van der Waals surface area contributed by atoms with Gasteiger partial charge in [-0.1, -0.05) is 42.5 Å². The highest BCUT2D eigenvalue weighted by atomic mass is 17.1. The number of methoxy groups -OCH3 is 3. The Morgan fingerprint density at radius 2 is 1.47 bits per heavy atom. The number of piperidine rings is 1. The van der Waals surface area contributed by atoms with Crippen molar-refractivity contribution in [3.63, 3.8) is 0 Å². The Labute approximate surface area is 322 Å². The van der Waals surface area contributed by atoms with Crippen LogP contribution >= 0.6 is 0 Å². The molecule has 55 heavy (non-hydrogen) atoms.